The van der Waals surface area contributed by atoms with E-state index in [1.54, 1.807) is 6.92 Å². The lowest BCUT2D eigenvalue weighted by atomic mass is 10.0. The second kappa shape index (κ2) is 5.66. The van der Waals surface area contributed by atoms with Gasteiger partial charge in [0, 0.05) is 0 Å². The lowest BCUT2D eigenvalue weighted by Gasteiger charge is -2.09. The van der Waals surface area contributed by atoms with Crippen LogP contribution in [0, 0.1) is 0 Å². The Morgan fingerprint density at radius 1 is 1.25 bits per heavy atom. The second-order valence-corrected chi connectivity index (χ2v) is 4.29. The number of ether oxygens (including phenoxy) is 1. The first-order valence-electron chi connectivity index (χ1n) is 5.51. The van der Waals surface area contributed by atoms with E-state index >= 15 is 0 Å². The number of hydrogen-bond donors (Lipinski definition) is 1. The lowest BCUT2D eigenvalue weighted by molar-refractivity contribution is -0.146. The summed E-state index contributed by atoms with van der Waals surface area (Å²) in [6.45, 7) is 6.19. The number of nitrogens with two attached hydrogens (primary N) is 1. The fraction of sp³-hybridized carbons (Fsp3) is 0.462. The number of carbonyl (C=O) groups is 1. The summed E-state index contributed by atoms with van der Waals surface area (Å²) in [6.07, 6.45) is 0. The molecule has 0 bridgehead atoms. The van der Waals surface area contributed by atoms with Crippen molar-refractivity contribution < 1.29 is 9.53 Å². The van der Waals surface area contributed by atoms with Crippen LogP contribution < -0.4 is 5.73 Å². The molecule has 3 heteroatoms. The van der Waals surface area contributed by atoms with Crippen LogP contribution in [0.25, 0.3) is 0 Å². The van der Waals surface area contributed by atoms with Crippen molar-refractivity contribution in [2.24, 2.45) is 5.73 Å². The molecular formula is C13H19NO2. The molecule has 0 spiro atoms. The van der Waals surface area contributed by atoms with Crippen LogP contribution in [0.3, 0.4) is 0 Å². The standard InChI is InChI=1S/C13H19NO2/c1-9(2)12-6-4-11(5-7-12)8-16-13(15)10(3)14/h4-7,9-10H,8,14H2,1-3H3. The van der Waals surface area contributed by atoms with Crippen LogP contribution in [0.4, 0.5) is 0 Å². The molecule has 0 amide bonds. The Labute approximate surface area is 96.6 Å². The van der Waals surface area contributed by atoms with Crippen LogP contribution in [-0.4, -0.2) is 12.0 Å². The summed E-state index contributed by atoms with van der Waals surface area (Å²) < 4.78 is 5.03. The van der Waals surface area contributed by atoms with E-state index in [0.29, 0.717) is 12.5 Å². The highest BCUT2D eigenvalue weighted by atomic mass is 16.5. The molecule has 2 N–H and O–H groups in total. The average molecular weight is 221 g/mol. The molecule has 1 unspecified atom stereocenters. The molecule has 0 fully saturated rings. The van der Waals surface area contributed by atoms with Gasteiger partial charge in [-0.1, -0.05) is 38.1 Å². The van der Waals surface area contributed by atoms with E-state index < -0.39 is 6.04 Å². The molecule has 0 radical (unpaired) electrons. The number of esters is 1. The lowest BCUT2D eigenvalue weighted by Crippen LogP contribution is -2.28. The Morgan fingerprint density at radius 2 is 1.81 bits per heavy atom. The van der Waals surface area contributed by atoms with E-state index in [2.05, 4.69) is 26.0 Å². The first-order chi connectivity index (χ1) is 7.50. The second-order valence-electron chi connectivity index (χ2n) is 4.29. The van der Waals surface area contributed by atoms with Gasteiger partial charge in [0.15, 0.2) is 0 Å². The van der Waals surface area contributed by atoms with Gasteiger partial charge < -0.3 is 10.5 Å². The van der Waals surface area contributed by atoms with Gasteiger partial charge in [0.05, 0.1) is 0 Å². The maximum Gasteiger partial charge on any atom is 0.322 e. The van der Waals surface area contributed by atoms with Crippen molar-refractivity contribution in [2.75, 3.05) is 0 Å². The monoisotopic (exact) mass is 221 g/mol. The summed E-state index contributed by atoms with van der Waals surface area (Å²) in [5, 5.41) is 0. The predicted molar refractivity (Wildman–Crippen MR) is 64.0 cm³/mol. The Kier molecular flexibility index (Phi) is 4.50. The zero-order valence-corrected chi connectivity index (χ0v) is 10.1. The molecule has 1 aromatic rings. The molecule has 0 aliphatic rings. The highest BCUT2D eigenvalue weighted by Gasteiger charge is 2.08. The number of carbonyl (C=O) groups excluding carboxylic acids is 1. The Morgan fingerprint density at radius 3 is 2.25 bits per heavy atom. The SMILES string of the molecule is CC(N)C(=O)OCc1ccc(C(C)C)cc1. The van der Waals surface area contributed by atoms with E-state index in [4.69, 9.17) is 10.5 Å². The maximum atomic E-state index is 11.1. The molecule has 0 saturated carbocycles. The van der Waals surface area contributed by atoms with Gasteiger partial charge in [-0.3, -0.25) is 4.79 Å². The minimum atomic E-state index is -0.560. The Balaban J connectivity index is 2.53. The quantitative estimate of drug-likeness (QED) is 0.793. The van der Waals surface area contributed by atoms with Crippen LogP contribution in [0.15, 0.2) is 24.3 Å². The normalized spacial score (nSPS) is 12.6. The zero-order chi connectivity index (χ0) is 12.1. The molecule has 1 rings (SSSR count). The van der Waals surface area contributed by atoms with Gasteiger partial charge in [0.1, 0.15) is 12.6 Å². The smallest absolute Gasteiger partial charge is 0.322 e. The minimum absolute atomic E-state index is 0.290. The molecule has 1 atom stereocenters. The summed E-state index contributed by atoms with van der Waals surface area (Å²) in [4.78, 5) is 11.1. The highest BCUT2D eigenvalue weighted by molar-refractivity contribution is 5.74. The van der Waals surface area contributed by atoms with Crippen molar-refractivity contribution in [2.45, 2.75) is 39.3 Å². The molecule has 16 heavy (non-hydrogen) atoms. The van der Waals surface area contributed by atoms with Gasteiger partial charge in [-0.2, -0.15) is 0 Å². The van der Waals surface area contributed by atoms with Crippen molar-refractivity contribution in [1.82, 2.24) is 0 Å². The molecule has 0 heterocycles. The zero-order valence-electron chi connectivity index (χ0n) is 10.1. The summed E-state index contributed by atoms with van der Waals surface area (Å²) in [5.74, 6) is 0.147. The fourth-order valence-corrected chi connectivity index (χ4v) is 1.28. The van der Waals surface area contributed by atoms with Crippen LogP contribution >= 0.6 is 0 Å². The van der Waals surface area contributed by atoms with Gasteiger partial charge in [0.25, 0.3) is 0 Å². The summed E-state index contributed by atoms with van der Waals surface area (Å²) in [6, 6.07) is 7.50. The average Bonchev–Trinajstić information content (AvgIpc) is 2.26. The van der Waals surface area contributed by atoms with Gasteiger partial charge in [0.2, 0.25) is 0 Å². The Hall–Kier alpha value is -1.35. The van der Waals surface area contributed by atoms with Crippen molar-refractivity contribution in [3.8, 4) is 0 Å². The molecule has 1 aromatic carbocycles. The highest BCUT2D eigenvalue weighted by Crippen LogP contribution is 2.15. The molecule has 0 aliphatic heterocycles. The van der Waals surface area contributed by atoms with Crippen molar-refractivity contribution in [3.05, 3.63) is 35.4 Å². The number of hydrogen-bond acceptors (Lipinski definition) is 3. The summed E-state index contributed by atoms with van der Waals surface area (Å²) >= 11 is 0. The molecule has 0 saturated heterocycles. The first kappa shape index (κ1) is 12.7. The third-order valence-electron chi connectivity index (χ3n) is 2.40. The fourth-order valence-electron chi connectivity index (χ4n) is 1.28. The van der Waals surface area contributed by atoms with Crippen molar-refractivity contribution >= 4 is 5.97 Å². The molecule has 0 aliphatic carbocycles. The van der Waals surface area contributed by atoms with Crippen LogP contribution in [0.2, 0.25) is 0 Å². The van der Waals surface area contributed by atoms with E-state index in [-0.39, 0.29) is 5.97 Å². The molecule has 0 aromatic heterocycles. The van der Waals surface area contributed by atoms with Crippen LogP contribution in [-0.2, 0) is 16.1 Å². The van der Waals surface area contributed by atoms with Crippen molar-refractivity contribution in [1.29, 1.82) is 0 Å². The van der Waals surface area contributed by atoms with E-state index in [9.17, 15) is 4.79 Å². The van der Waals surface area contributed by atoms with Gasteiger partial charge >= 0.3 is 5.97 Å². The number of benzene rings is 1. The minimum Gasteiger partial charge on any atom is -0.460 e. The van der Waals surface area contributed by atoms with Gasteiger partial charge in [-0.15, -0.1) is 0 Å². The Bertz CT molecular complexity index is 341. The molecular weight excluding hydrogens is 202 g/mol. The molecule has 3 nitrogen and oxygen atoms in total. The first-order valence-corrected chi connectivity index (χ1v) is 5.51. The third kappa shape index (κ3) is 3.66. The van der Waals surface area contributed by atoms with E-state index in [1.807, 2.05) is 12.1 Å². The largest absolute Gasteiger partial charge is 0.460 e. The van der Waals surface area contributed by atoms with E-state index in [1.165, 1.54) is 5.56 Å². The summed E-state index contributed by atoms with van der Waals surface area (Å²) in [5.41, 5.74) is 7.65. The van der Waals surface area contributed by atoms with Gasteiger partial charge in [-0.05, 0) is 24.0 Å². The maximum absolute atomic E-state index is 11.1. The number of rotatable bonds is 4. The molecule has 88 valence electrons. The van der Waals surface area contributed by atoms with E-state index in [0.717, 1.165) is 5.56 Å². The summed E-state index contributed by atoms with van der Waals surface area (Å²) in [7, 11) is 0. The van der Waals surface area contributed by atoms with Gasteiger partial charge in [-0.25, -0.2) is 0 Å². The van der Waals surface area contributed by atoms with Crippen LogP contribution in [0.1, 0.15) is 37.8 Å². The van der Waals surface area contributed by atoms with Crippen LogP contribution in [0.5, 0.6) is 0 Å². The van der Waals surface area contributed by atoms with Crippen molar-refractivity contribution in [3.63, 3.8) is 0 Å². The topological polar surface area (TPSA) is 52.3 Å². The predicted octanol–water partition coefficient (Wildman–Crippen LogP) is 2.20. The third-order valence-corrected chi connectivity index (χ3v) is 2.40.